The molecule has 1 aromatic rings. The molecule has 2 atom stereocenters. The summed E-state index contributed by atoms with van der Waals surface area (Å²) in [5.74, 6) is -0.232. The summed E-state index contributed by atoms with van der Waals surface area (Å²) in [5, 5.41) is 8.81. The lowest BCUT2D eigenvalue weighted by molar-refractivity contribution is -0.145. The predicted molar refractivity (Wildman–Crippen MR) is 101 cm³/mol. The zero-order chi connectivity index (χ0) is 20.3. The van der Waals surface area contributed by atoms with Crippen LogP contribution in [0.15, 0.2) is 24.3 Å². The molecule has 0 spiro atoms. The third kappa shape index (κ3) is 4.62. The first-order valence-electron chi connectivity index (χ1n) is 9.24. The smallest absolute Gasteiger partial charge is 0.263 e. The van der Waals surface area contributed by atoms with Crippen LogP contribution in [0, 0.1) is 17.2 Å². The molecule has 150 valence electrons. The molecule has 0 saturated carbocycles. The Labute approximate surface area is 164 Å². The third-order valence-electron chi connectivity index (χ3n) is 5.13. The molecule has 2 aliphatic rings. The van der Waals surface area contributed by atoms with Crippen molar-refractivity contribution in [2.75, 3.05) is 37.7 Å². The lowest BCUT2D eigenvalue weighted by atomic mass is 10.1. The monoisotopic (exact) mass is 405 g/mol. The maximum Gasteiger partial charge on any atom is 0.263 e. The van der Waals surface area contributed by atoms with Gasteiger partial charge in [0.2, 0.25) is 5.91 Å². The van der Waals surface area contributed by atoms with Crippen molar-refractivity contribution in [3.63, 3.8) is 0 Å². The molecule has 2 unspecified atom stereocenters. The van der Waals surface area contributed by atoms with Crippen LogP contribution in [-0.2, 0) is 19.4 Å². The number of rotatable bonds is 4. The van der Waals surface area contributed by atoms with E-state index in [-0.39, 0.29) is 23.3 Å². The van der Waals surface area contributed by atoms with Crippen molar-refractivity contribution in [1.29, 1.82) is 5.26 Å². The summed E-state index contributed by atoms with van der Waals surface area (Å²) in [7, 11) is -3.10. The number of nitrogens with zero attached hydrogens (tertiary/aromatic N) is 3. The van der Waals surface area contributed by atoms with Gasteiger partial charge in [-0.1, -0.05) is 0 Å². The standard InChI is InChI=1S/C19H23N3O5S/c1-14(27-17-4-2-15(12-20)3-5-17)18(23)21-7-9-22(10-8-21)19(24)16-6-11-28(25,26)13-16/h2-5,14,16H,6-11,13H2,1H3. The summed E-state index contributed by atoms with van der Waals surface area (Å²) in [6.07, 6.45) is -0.300. The van der Waals surface area contributed by atoms with E-state index < -0.39 is 21.9 Å². The average molecular weight is 405 g/mol. The van der Waals surface area contributed by atoms with E-state index in [0.29, 0.717) is 43.9 Å². The largest absolute Gasteiger partial charge is 0.481 e. The number of carbonyl (C=O) groups excluding carboxylic acids is 2. The normalized spacial score (nSPS) is 22.4. The number of nitriles is 1. The second kappa shape index (κ2) is 8.19. The molecule has 8 nitrogen and oxygen atoms in total. The van der Waals surface area contributed by atoms with E-state index in [9.17, 15) is 18.0 Å². The van der Waals surface area contributed by atoms with Crippen molar-refractivity contribution in [3.8, 4) is 11.8 Å². The van der Waals surface area contributed by atoms with Gasteiger partial charge in [0.05, 0.1) is 29.1 Å². The summed E-state index contributed by atoms with van der Waals surface area (Å²) in [5.41, 5.74) is 0.516. The first-order valence-corrected chi connectivity index (χ1v) is 11.1. The van der Waals surface area contributed by atoms with Crippen LogP contribution in [0.2, 0.25) is 0 Å². The molecule has 2 aliphatic heterocycles. The summed E-state index contributed by atoms with van der Waals surface area (Å²) in [4.78, 5) is 28.4. The van der Waals surface area contributed by atoms with Gasteiger partial charge in [-0.15, -0.1) is 0 Å². The van der Waals surface area contributed by atoms with Gasteiger partial charge in [-0.3, -0.25) is 9.59 Å². The number of hydrogen-bond donors (Lipinski definition) is 0. The molecule has 0 radical (unpaired) electrons. The van der Waals surface area contributed by atoms with E-state index in [4.69, 9.17) is 10.00 Å². The minimum Gasteiger partial charge on any atom is -0.481 e. The summed E-state index contributed by atoms with van der Waals surface area (Å²) >= 11 is 0. The van der Waals surface area contributed by atoms with Gasteiger partial charge in [-0.05, 0) is 37.6 Å². The quantitative estimate of drug-likeness (QED) is 0.719. The van der Waals surface area contributed by atoms with Crippen LogP contribution < -0.4 is 4.74 Å². The molecule has 0 aromatic heterocycles. The van der Waals surface area contributed by atoms with E-state index in [0.717, 1.165) is 0 Å². The van der Waals surface area contributed by atoms with Crippen molar-refractivity contribution in [3.05, 3.63) is 29.8 Å². The molecule has 3 rings (SSSR count). The zero-order valence-electron chi connectivity index (χ0n) is 15.7. The molecule has 0 N–H and O–H groups in total. The van der Waals surface area contributed by atoms with Gasteiger partial charge < -0.3 is 14.5 Å². The Kier molecular flexibility index (Phi) is 5.89. The van der Waals surface area contributed by atoms with Crippen LogP contribution in [-0.4, -0.2) is 73.8 Å². The molecular weight excluding hydrogens is 382 g/mol. The van der Waals surface area contributed by atoms with E-state index in [1.165, 1.54) is 0 Å². The number of piperazine rings is 1. The second-order valence-corrected chi connectivity index (χ2v) is 9.38. The molecule has 2 heterocycles. The van der Waals surface area contributed by atoms with Crippen molar-refractivity contribution in [2.45, 2.75) is 19.4 Å². The maximum absolute atomic E-state index is 12.6. The minimum atomic E-state index is -3.10. The topological polar surface area (TPSA) is 108 Å². The van der Waals surface area contributed by atoms with Crippen molar-refractivity contribution < 1.29 is 22.7 Å². The van der Waals surface area contributed by atoms with E-state index in [1.54, 1.807) is 41.0 Å². The van der Waals surface area contributed by atoms with Crippen molar-refractivity contribution in [1.82, 2.24) is 9.80 Å². The first-order chi connectivity index (χ1) is 13.3. The van der Waals surface area contributed by atoms with Gasteiger partial charge in [0, 0.05) is 26.2 Å². The van der Waals surface area contributed by atoms with Gasteiger partial charge in [-0.2, -0.15) is 5.26 Å². The Morgan fingerprint density at radius 3 is 2.29 bits per heavy atom. The second-order valence-electron chi connectivity index (χ2n) is 7.15. The van der Waals surface area contributed by atoms with Crippen LogP contribution in [0.25, 0.3) is 0 Å². The Balaban J connectivity index is 1.50. The first kappa shape index (κ1) is 20.1. The van der Waals surface area contributed by atoms with Gasteiger partial charge in [-0.25, -0.2) is 8.42 Å². The fraction of sp³-hybridized carbons (Fsp3) is 0.526. The molecule has 2 amide bonds. The van der Waals surface area contributed by atoms with Crippen LogP contribution in [0.5, 0.6) is 5.75 Å². The Bertz CT molecular complexity index is 883. The number of hydrogen-bond acceptors (Lipinski definition) is 6. The Morgan fingerprint density at radius 2 is 1.75 bits per heavy atom. The lowest BCUT2D eigenvalue weighted by Crippen LogP contribution is -2.54. The SMILES string of the molecule is CC(Oc1ccc(C#N)cc1)C(=O)N1CCN(C(=O)C2CCS(=O)(=O)C2)CC1. The number of ether oxygens (including phenoxy) is 1. The molecule has 1 aromatic carbocycles. The van der Waals surface area contributed by atoms with Crippen molar-refractivity contribution in [2.24, 2.45) is 5.92 Å². The molecule has 0 bridgehead atoms. The predicted octanol–water partition coefficient (Wildman–Crippen LogP) is 0.431. The van der Waals surface area contributed by atoms with Gasteiger partial charge in [0.1, 0.15) is 5.75 Å². The molecule has 2 saturated heterocycles. The van der Waals surface area contributed by atoms with Gasteiger partial charge in [0.15, 0.2) is 15.9 Å². The maximum atomic E-state index is 12.6. The molecule has 0 aliphatic carbocycles. The van der Waals surface area contributed by atoms with Crippen molar-refractivity contribution >= 4 is 21.7 Å². The highest BCUT2D eigenvalue weighted by molar-refractivity contribution is 7.91. The van der Waals surface area contributed by atoms with Crippen LogP contribution >= 0.6 is 0 Å². The van der Waals surface area contributed by atoms with Crippen LogP contribution in [0.4, 0.5) is 0 Å². The Morgan fingerprint density at radius 1 is 1.14 bits per heavy atom. The molecule has 2 fully saturated rings. The summed E-state index contributed by atoms with van der Waals surface area (Å²) in [6, 6.07) is 8.57. The highest BCUT2D eigenvalue weighted by Gasteiger charge is 2.37. The molecular formula is C19H23N3O5S. The molecule has 28 heavy (non-hydrogen) atoms. The highest BCUT2D eigenvalue weighted by Crippen LogP contribution is 2.22. The number of carbonyl (C=O) groups is 2. The highest BCUT2D eigenvalue weighted by atomic mass is 32.2. The zero-order valence-corrected chi connectivity index (χ0v) is 16.5. The third-order valence-corrected chi connectivity index (χ3v) is 6.90. The number of benzene rings is 1. The fourth-order valence-electron chi connectivity index (χ4n) is 3.51. The Hall–Kier alpha value is -2.60. The van der Waals surface area contributed by atoms with E-state index >= 15 is 0 Å². The lowest BCUT2D eigenvalue weighted by Gasteiger charge is -2.36. The van der Waals surface area contributed by atoms with Gasteiger partial charge in [0.25, 0.3) is 5.91 Å². The average Bonchev–Trinajstić information content (AvgIpc) is 3.07. The summed E-state index contributed by atoms with van der Waals surface area (Å²) < 4.78 is 28.8. The van der Waals surface area contributed by atoms with Crippen LogP contribution in [0.3, 0.4) is 0 Å². The minimum absolute atomic E-state index is 0.0690. The van der Waals surface area contributed by atoms with E-state index in [1.807, 2.05) is 6.07 Å². The van der Waals surface area contributed by atoms with E-state index in [2.05, 4.69) is 0 Å². The van der Waals surface area contributed by atoms with Gasteiger partial charge >= 0.3 is 0 Å². The summed E-state index contributed by atoms with van der Waals surface area (Å²) in [6.45, 7) is 3.24. The fourth-order valence-corrected chi connectivity index (χ4v) is 5.25. The molecule has 9 heteroatoms. The number of amides is 2. The van der Waals surface area contributed by atoms with Crippen LogP contribution in [0.1, 0.15) is 18.9 Å². The number of sulfone groups is 1.